The molecule has 0 aromatic carbocycles. The zero-order valence-electron chi connectivity index (χ0n) is 9.64. The quantitative estimate of drug-likeness (QED) is 0.802. The molecule has 2 nitrogen and oxygen atoms in total. The predicted octanol–water partition coefficient (Wildman–Crippen LogP) is 3.49. The number of rotatable bonds is 5. The number of pyridine rings is 1. The summed E-state index contributed by atoms with van der Waals surface area (Å²) in [4.78, 5) is 3.26. The Morgan fingerprint density at radius 1 is 1.35 bits per heavy atom. The largest absolute Gasteiger partial charge is 0.365 e. The highest BCUT2D eigenvalue weighted by atomic mass is 19.2. The molecule has 1 aliphatic carbocycles. The summed E-state index contributed by atoms with van der Waals surface area (Å²) < 4.78 is 38.9. The summed E-state index contributed by atoms with van der Waals surface area (Å²) >= 11 is 0. The summed E-state index contributed by atoms with van der Waals surface area (Å²) in [6, 6.07) is 0.587. The second-order valence-electron chi connectivity index (χ2n) is 4.52. The van der Waals surface area contributed by atoms with E-state index in [2.05, 4.69) is 10.3 Å². The highest BCUT2D eigenvalue weighted by molar-refractivity contribution is 5.37. The van der Waals surface area contributed by atoms with E-state index in [0.717, 1.165) is 12.8 Å². The lowest BCUT2D eigenvalue weighted by Gasteiger charge is -2.17. The Labute approximate surface area is 98.2 Å². The molecule has 1 saturated carbocycles. The first kappa shape index (κ1) is 12.2. The van der Waals surface area contributed by atoms with Crippen LogP contribution in [-0.4, -0.2) is 11.0 Å². The molecule has 1 aromatic rings. The molecule has 1 atom stereocenters. The van der Waals surface area contributed by atoms with Crippen molar-refractivity contribution in [1.82, 2.24) is 4.98 Å². The van der Waals surface area contributed by atoms with Crippen LogP contribution in [0.15, 0.2) is 6.07 Å². The van der Waals surface area contributed by atoms with E-state index in [-0.39, 0.29) is 11.9 Å². The minimum absolute atomic E-state index is 0.0642. The molecule has 1 fully saturated rings. The fourth-order valence-electron chi connectivity index (χ4n) is 1.82. The first-order valence-electron chi connectivity index (χ1n) is 5.88. The smallest absolute Gasteiger partial charge is 0.251 e. The Morgan fingerprint density at radius 2 is 2.06 bits per heavy atom. The maximum absolute atomic E-state index is 13.3. The molecular weight excluding hydrogens is 229 g/mol. The Bertz CT molecular complexity index is 405. The average Bonchev–Trinajstić information content (AvgIpc) is 3.08. The molecule has 1 aromatic heterocycles. The molecule has 5 heteroatoms. The summed E-state index contributed by atoms with van der Waals surface area (Å²) in [5, 5.41) is 2.84. The Hall–Kier alpha value is -1.26. The molecule has 2 rings (SSSR count). The number of hydrogen-bond donors (Lipinski definition) is 1. The standard InChI is InChI=1S/C12H15F3N2/c1-2-8(5-7-3-4-7)16-12-10(14)6-9(13)11(15)17-12/h6-8H,2-5H2,1H3,(H,16,17). The third-order valence-electron chi connectivity index (χ3n) is 3.04. The molecule has 1 heterocycles. The van der Waals surface area contributed by atoms with E-state index < -0.39 is 17.6 Å². The van der Waals surface area contributed by atoms with Gasteiger partial charge in [-0.25, -0.2) is 8.78 Å². The summed E-state index contributed by atoms with van der Waals surface area (Å²) in [6.45, 7) is 1.97. The lowest BCUT2D eigenvalue weighted by molar-refractivity contribution is 0.464. The minimum atomic E-state index is -1.27. The van der Waals surface area contributed by atoms with Gasteiger partial charge < -0.3 is 5.32 Å². The monoisotopic (exact) mass is 244 g/mol. The second-order valence-corrected chi connectivity index (χ2v) is 4.52. The SMILES string of the molecule is CCC(CC1CC1)Nc1nc(F)c(F)cc1F. The molecule has 1 aliphatic rings. The Kier molecular flexibility index (Phi) is 3.54. The van der Waals surface area contributed by atoms with E-state index in [9.17, 15) is 13.2 Å². The van der Waals surface area contributed by atoms with Gasteiger partial charge in [0.15, 0.2) is 17.5 Å². The zero-order valence-corrected chi connectivity index (χ0v) is 9.64. The summed E-state index contributed by atoms with van der Waals surface area (Å²) in [6.07, 6.45) is 4.13. The van der Waals surface area contributed by atoms with Gasteiger partial charge in [0.2, 0.25) is 0 Å². The molecule has 0 saturated heterocycles. The van der Waals surface area contributed by atoms with Gasteiger partial charge in [-0.2, -0.15) is 9.37 Å². The van der Waals surface area contributed by atoms with Crippen LogP contribution in [0.3, 0.4) is 0 Å². The Morgan fingerprint density at radius 3 is 2.65 bits per heavy atom. The van der Waals surface area contributed by atoms with Crippen molar-refractivity contribution >= 4 is 5.82 Å². The molecule has 1 unspecified atom stereocenters. The zero-order chi connectivity index (χ0) is 12.4. The van der Waals surface area contributed by atoms with E-state index in [1.807, 2.05) is 6.92 Å². The third-order valence-corrected chi connectivity index (χ3v) is 3.04. The van der Waals surface area contributed by atoms with Crippen LogP contribution in [-0.2, 0) is 0 Å². The van der Waals surface area contributed by atoms with E-state index in [0.29, 0.717) is 12.0 Å². The summed E-state index contributed by atoms with van der Waals surface area (Å²) in [7, 11) is 0. The minimum Gasteiger partial charge on any atom is -0.365 e. The average molecular weight is 244 g/mol. The first-order chi connectivity index (χ1) is 8.10. The van der Waals surface area contributed by atoms with Crippen molar-refractivity contribution in [3.05, 3.63) is 23.6 Å². The lowest BCUT2D eigenvalue weighted by atomic mass is 10.1. The van der Waals surface area contributed by atoms with Gasteiger partial charge in [-0.15, -0.1) is 0 Å². The van der Waals surface area contributed by atoms with Gasteiger partial charge in [-0.1, -0.05) is 19.8 Å². The second kappa shape index (κ2) is 4.94. The highest BCUT2D eigenvalue weighted by Gasteiger charge is 2.25. The van der Waals surface area contributed by atoms with E-state index in [1.54, 1.807) is 0 Å². The summed E-state index contributed by atoms with van der Waals surface area (Å²) in [5.74, 6) is -2.89. The van der Waals surface area contributed by atoms with Crippen LogP contribution in [0.4, 0.5) is 19.0 Å². The molecule has 94 valence electrons. The van der Waals surface area contributed by atoms with Crippen molar-refractivity contribution in [1.29, 1.82) is 0 Å². The van der Waals surface area contributed by atoms with Crippen LogP contribution < -0.4 is 5.32 Å². The van der Waals surface area contributed by atoms with Crippen LogP contribution in [0.1, 0.15) is 32.6 Å². The number of hydrogen-bond acceptors (Lipinski definition) is 2. The van der Waals surface area contributed by atoms with Crippen molar-refractivity contribution in [3.8, 4) is 0 Å². The predicted molar refractivity (Wildman–Crippen MR) is 59.2 cm³/mol. The fourth-order valence-corrected chi connectivity index (χ4v) is 1.82. The van der Waals surface area contributed by atoms with Gasteiger partial charge in [-0.05, 0) is 18.8 Å². The molecule has 1 N–H and O–H groups in total. The van der Waals surface area contributed by atoms with Crippen LogP contribution >= 0.6 is 0 Å². The molecule has 0 bridgehead atoms. The van der Waals surface area contributed by atoms with Crippen molar-refractivity contribution in [2.75, 3.05) is 5.32 Å². The van der Waals surface area contributed by atoms with Crippen molar-refractivity contribution in [2.24, 2.45) is 5.92 Å². The first-order valence-corrected chi connectivity index (χ1v) is 5.88. The number of aromatic nitrogens is 1. The topological polar surface area (TPSA) is 24.9 Å². The van der Waals surface area contributed by atoms with Gasteiger partial charge in [0, 0.05) is 12.1 Å². The lowest BCUT2D eigenvalue weighted by Crippen LogP contribution is -2.21. The maximum Gasteiger partial charge on any atom is 0.251 e. The number of nitrogens with zero attached hydrogens (tertiary/aromatic N) is 1. The highest BCUT2D eigenvalue weighted by Crippen LogP contribution is 2.34. The fraction of sp³-hybridized carbons (Fsp3) is 0.583. The Balaban J connectivity index is 2.07. The van der Waals surface area contributed by atoms with Crippen molar-refractivity contribution in [2.45, 2.75) is 38.6 Å². The van der Waals surface area contributed by atoms with Crippen molar-refractivity contribution in [3.63, 3.8) is 0 Å². The summed E-state index contributed by atoms with van der Waals surface area (Å²) in [5.41, 5.74) is 0. The van der Waals surface area contributed by atoms with E-state index in [4.69, 9.17) is 0 Å². The van der Waals surface area contributed by atoms with Gasteiger partial charge in [0.05, 0.1) is 0 Å². The molecule has 17 heavy (non-hydrogen) atoms. The van der Waals surface area contributed by atoms with E-state index in [1.165, 1.54) is 12.8 Å². The normalized spacial score (nSPS) is 16.9. The van der Waals surface area contributed by atoms with Gasteiger partial charge in [0.25, 0.3) is 5.95 Å². The number of nitrogens with one attached hydrogen (secondary N) is 1. The molecule has 0 spiro atoms. The van der Waals surface area contributed by atoms with Gasteiger partial charge >= 0.3 is 0 Å². The molecule has 0 radical (unpaired) electrons. The van der Waals surface area contributed by atoms with Crippen LogP contribution in [0.25, 0.3) is 0 Å². The maximum atomic E-state index is 13.3. The molecular formula is C12H15F3N2. The van der Waals surface area contributed by atoms with Crippen LogP contribution in [0.5, 0.6) is 0 Å². The number of halogens is 3. The van der Waals surface area contributed by atoms with Gasteiger partial charge in [0.1, 0.15) is 0 Å². The van der Waals surface area contributed by atoms with Crippen LogP contribution in [0.2, 0.25) is 0 Å². The van der Waals surface area contributed by atoms with Crippen LogP contribution in [0, 0.1) is 23.5 Å². The number of anilines is 1. The van der Waals surface area contributed by atoms with Gasteiger partial charge in [-0.3, -0.25) is 0 Å². The third kappa shape index (κ3) is 3.11. The van der Waals surface area contributed by atoms with Crippen molar-refractivity contribution < 1.29 is 13.2 Å². The molecule has 0 amide bonds. The molecule has 0 aliphatic heterocycles. The van der Waals surface area contributed by atoms with E-state index >= 15 is 0 Å².